The molecule has 1 radical (unpaired) electrons. The molecule has 10 rings (SSSR count). The molecule has 4 aromatic rings. The zero-order valence-electron chi connectivity index (χ0n) is 16.1. The van der Waals surface area contributed by atoms with E-state index in [1.54, 1.807) is 0 Å². The van der Waals surface area contributed by atoms with E-state index in [-0.39, 0.29) is 32.7 Å². The van der Waals surface area contributed by atoms with Crippen molar-refractivity contribution in [3.05, 3.63) is 142 Å². The first-order valence-electron chi connectivity index (χ1n) is 10.3. The van der Waals surface area contributed by atoms with Crippen molar-refractivity contribution in [3.8, 4) is 0 Å². The molecule has 0 spiro atoms. The van der Waals surface area contributed by atoms with Crippen molar-refractivity contribution < 1.29 is 32.7 Å². The van der Waals surface area contributed by atoms with Crippen LogP contribution in [0.15, 0.2) is 97.1 Å². The average Bonchev–Trinajstić information content (AvgIpc) is 2.74. The van der Waals surface area contributed by atoms with Crippen LogP contribution in [0.5, 0.6) is 0 Å². The third kappa shape index (κ3) is 2.22. The van der Waals surface area contributed by atoms with Crippen LogP contribution in [0.1, 0.15) is 68.2 Å². The quantitative estimate of drug-likeness (QED) is 0.288. The van der Waals surface area contributed by atoms with Gasteiger partial charge in [-0.1, -0.05) is 97.1 Å². The predicted molar refractivity (Wildman–Crippen MR) is 113 cm³/mol. The van der Waals surface area contributed by atoms with Gasteiger partial charge in [0.15, 0.2) is 0 Å². The summed E-state index contributed by atoms with van der Waals surface area (Å²) in [6.07, 6.45) is 0. The molecule has 0 amide bonds. The van der Waals surface area contributed by atoms with Gasteiger partial charge >= 0.3 is 0 Å². The van der Waals surface area contributed by atoms with Crippen LogP contribution in [0, 0.1) is 0 Å². The molecule has 0 saturated heterocycles. The van der Waals surface area contributed by atoms with Crippen LogP contribution in [-0.2, 0) is 32.7 Å². The van der Waals surface area contributed by atoms with Gasteiger partial charge in [-0.3, -0.25) is 0 Å². The summed E-state index contributed by atoms with van der Waals surface area (Å²) in [4.78, 5) is 0. The average molecular weight is 445 g/mol. The zero-order valence-corrected chi connectivity index (χ0v) is 19.0. The van der Waals surface area contributed by atoms with E-state index in [1.165, 1.54) is 44.5 Å². The molecule has 0 aromatic heterocycles. The molecule has 4 aromatic carbocycles. The molecule has 0 atom stereocenters. The summed E-state index contributed by atoms with van der Waals surface area (Å²) in [5.74, 6) is 1.53. The maximum absolute atomic E-state index is 2.38. The van der Waals surface area contributed by atoms with Crippen molar-refractivity contribution in [2.45, 2.75) is 23.7 Å². The SMILES string of the molecule is [Y].c1ccc2c(c1)C1c3ccccc3C2C2c3ccccc3C1c1ccccc12. The molecule has 0 fully saturated rings. The summed E-state index contributed by atoms with van der Waals surface area (Å²) in [7, 11) is 0. The molecule has 0 nitrogen and oxygen atoms in total. The van der Waals surface area contributed by atoms with Gasteiger partial charge in [-0.2, -0.15) is 0 Å². The van der Waals surface area contributed by atoms with Gasteiger partial charge < -0.3 is 0 Å². The molecular weight excluding hydrogens is 425 g/mol. The van der Waals surface area contributed by atoms with E-state index >= 15 is 0 Å². The number of rotatable bonds is 0. The molecule has 29 heavy (non-hydrogen) atoms. The Bertz CT molecular complexity index is 964. The standard InChI is InChI=1S/C28H20.Y/c1-2-10-18-17(9-1)25-19-11-3-4-12-20(19)26(18)28-23-15-7-5-13-21(23)27(25)22-14-6-8-16-24(22)28;/h1-16,25-28H;. The van der Waals surface area contributed by atoms with Gasteiger partial charge in [0.1, 0.15) is 0 Å². The van der Waals surface area contributed by atoms with Crippen LogP contribution >= 0.6 is 0 Å². The third-order valence-electron chi connectivity index (χ3n) is 7.33. The van der Waals surface area contributed by atoms with Crippen molar-refractivity contribution in [1.29, 1.82) is 0 Å². The minimum atomic E-state index is 0. The van der Waals surface area contributed by atoms with E-state index in [2.05, 4.69) is 97.1 Å². The van der Waals surface area contributed by atoms with Gasteiger partial charge in [-0.15, -0.1) is 0 Å². The molecule has 0 N–H and O–H groups in total. The first-order chi connectivity index (χ1) is 13.9. The maximum Gasteiger partial charge on any atom is 0.0205 e. The predicted octanol–water partition coefficient (Wildman–Crippen LogP) is 6.55. The third-order valence-corrected chi connectivity index (χ3v) is 7.33. The van der Waals surface area contributed by atoms with E-state index in [1.807, 2.05) is 0 Å². The normalized spacial score (nSPS) is 24.3. The fraction of sp³-hybridized carbons (Fsp3) is 0.143. The largest absolute Gasteiger partial charge is 0.0620 e. The van der Waals surface area contributed by atoms with E-state index in [0.717, 1.165) is 0 Å². The van der Waals surface area contributed by atoms with Gasteiger partial charge in [-0.05, 0) is 44.5 Å². The van der Waals surface area contributed by atoms with Crippen molar-refractivity contribution in [2.24, 2.45) is 0 Å². The molecule has 0 unspecified atom stereocenters. The summed E-state index contributed by atoms with van der Waals surface area (Å²) < 4.78 is 0. The van der Waals surface area contributed by atoms with Gasteiger partial charge in [0.25, 0.3) is 0 Å². The smallest absolute Gasteiger partial charge is 0.0205 e. The fourth-order valence-corrected chi connectivity index (χ4v) is 6.42. The molecular formula is C28H20Y. The van der Waals surface area contributed by atoms with Crippen molar-refractivity contribution in [2.75, 3.05) is 0 Å². The first kappa shape index (κ1) is 17.8. The zero-order chi connectivity index (χ0) is 18.2. The molecule has 6 aliphatic carbocycles. The molecule has 0 aliphatic heterocycles. The van der Waals surface area contributed by atoms with Crippen molar-refractivity contribution >= 4 is 0 Å². The second-order valence-corrected chi connectivity index (χ2v) is 8.43. The maximum atomic E-state index is 2.38. The Morgan fingerprint density at radius 2 is 0.414 bits per heavy atom. The molecule has 0 heterocycles. The van der Waals surface area contributed by atoms with E-state index in [0.29, 0.717) is 23.7 Å². The second kappa shape index (κ2) is 6.49. The number of hydrogen-bond acceptors (Lipinski definition) is 0. The molecule has 0 saturated carbocycles. The van der Waals surface area contributed by atoms with Gasteiger partial charge in [0, 0.05) is 56.4 Å². The summed E-state index contributed by atoms with van der Waals surface area (Å²) in [5, 5.41) is 0. The van der Waals surface area contributed by atoms with Crippen LogP contribution in [0.3, 0.4) is 0 Å². The molecule has 135 valence electrons. The minimum Gasteiger partial charge on any atom is -0.0620 e. The van der Waals surface area contributed by atoms with E-state index in [4.69, 9.17) is 0 Å². The Morgan fingerprint density at radius 1 is 0.276 bits per heavy atom. The summed E-state index contributed by atoms with van der Waals surface area (Å²) >= 11 is 0. The van der Waals surface area contributed by atoms with E-state index < -0.39 is 0 Å². The Labute approximate surface area is 196 Å². The van der Waals surface area contributed by atoms with Gasteiger partial charge in [0.2, 0.25) is 0 Å². The van der Waals surface area contributed by atoms with E-state index in [9.17, 15) is 0 Å². The summed E-state index contributed by atoms with van der Waals surface area (Å²) in [6, 6.07) is 36.9. The minimum absolute atomic E-state index is 0. The fourth-order valence-electron chi connectivity index (χ4n) is 6.42. The molecule has 4 bridgehead atoms. The topological polar surface area (TPSA) is 0 Å². The molecule has 1 heteroatoms. The van der Waals surface area contributed by atoms with Crippen LogP contribution in [0.4, 0.5) is 0 Å². The van der Waals surface area contributed by atoms with Crippen LogP contribution in [0.2, 0.25) is 0 Å². The van der Waals surface area contributed by atoms with Gasteiger partial charge in [0.05, 0.1) is 0 Å². The van der Waals surface area contributed by atoms with Crippen molar-refractivity contribution in [3.63, 3.8) is 0 Å². The van der Waals surface area contributed by atoms with Crippen LogP contribution < -0.4 is 0 Å². The first-order valence-corrected chi connectivity index (χ1v) is 10.3. The second-order valence-electron chi connectivity index (χ2n) is 8.43. The summed E-state index contributed by atoms with van der Waals surface area (Å²) in [6.45, 7) is 0. The van der Waals surface area contributed by atoms with Gasteiger partial charge in [-0.25, -0.2) is 0 Å². The number of benzene rings is 4. The number of hydrogen-bond donors (Lipinski definition) is 0. The Balaban J connectivity index is 0.00000165. The summed E-state index contributed by atoms with van der Waals surface area (Å²) in [5.41, 5.74) is 12.3. The Hall–Kier alpha value is -2.02. The Morgan fingerprint density at radius 3 is 0.552 bits per heavy atom. The van der Waals surface area contributed by atoms with Crippen LogP contribution in [-0.4, -0.2) is 0 Å². The van der Waals surface area contributed by atoms with Crippen molar-refractivity contribution in [1.82, 2.24) is 0 Å². The Kier molecular flexibility index (Phi) is 3.99. The monoisotopic (exact) mass is 445 g/mol. The molecule has 6 aliphatic rings. The van der Waals surface area contributed by atoms with Crippen LogP contribution in [0.25, 0.3) is 0 Å².